The predicted octanol–water partition coefficient (Wildman–Crippen LogP) is 7.17. The van der Waals surface area contributed by atoms with E-state index < -0.39 is 5.91 Å². The molecule has 0 aliphatic carbocycles. The van der Waals surface area contributed by atoms with E-state index in [1.165, 1.54) is 0 Å². The number of carbonyl (C=O) groups excluding carboxylic acids is 2. The third kappa shape index (κ3) is 6.77. The summed E-state index contributed by atoms with van der Waals surface area (Å²) in [4.78, 5) is 24.8. The molecular formula is C34H28ClN3O4. The summed E-state index contributed by atoms with van der Waals surface area (Å²) >= 11 is 5.91. The van der Waals surface area contributed by atoms with Crippen molar-refractivity contribution in [3.05, 3.63) is 131 Å². The van der Waals surface area contributed by atoms with Crippen LogP contribution in [0.5, 0.6) is 5.75 Å². The molecule has 8 heteroatoms. The Morgan fingerprint density at radius 1 is 0.857 bits per heavy atom. The van der Waals surface area contributed by atoms with Crippen LogP contribution in [0.2, 0.25) is 5.02 Å². The second-order valence-corrected chi connectivity index (χ2v) is 9.64. The van der Waals surface area contributed by atoms with E-state index in [4.69, 9.17) is 21.1 Å². The molecule has 0 saturated carbocycles. The molecule has 4 aromatic carbocycles. The van der Waals surface area contributed by atoms with Gasteiger partial charge in [0.05, 0.1) is 29.8 Å². The van der Waals surface area contributed by atoms with Crippen molar-refractivity contribution < 1.29 is 19.1 Å². The van der Waals surface area contributed by atoms with Crippen LogP contribution in [0.4, 0.5) is 0 Å². The molecular weight excluding hydrogens is 550 g/mol. The molecule has 1 amide bonds. The summed E-state index contributed by atoms with van der Waals surface area (Å²) in [5, 5.41) is 4.84. The van der Waals surface area contributed by atoms with Gasteiger partial charge in [-0.2, -0.15) is 5.10 Å². The smallest absolute Gasteiger partial charge is 0.338 e. The lowest BCUT2D eigenvalue weighted by atomic mass is 10.1. The van der Waals surface area contributed by atoms with Crippen molar-refractivity contribution >= 4 is 29.7 Å². The predicted molar refractivity (Wildman–Crippen MR) is 165 cm³/mol. The molecule has 1 heterocycles. The molecule has 0 saturated heterocycles. The Labute approximate surface area is 249 Å². The average molecular weight is 578 g/mol. The summed E-state index contributed by atoms with van der Waals surface area (Å²) in [7, 11) is 0. The number of rotatable bonds is 10. The van der Waals surface area contributed by atoms with Gasteiger partial charge in [-0.3, -0.25) is 4.79 Å². The number of amides is 1. The zero-order chi connectivity index (χ0) is 29.3. The van der Waals surface area contributed by atoms with Crippen LogP contribution in [0.25, 0.3) is 28.2 Å². The summed E-state index contributed by atoms with van der Waals surface area (Å²) in [6, 6.07) is 36.0. The van der Waals surface area contributed by atoms with Crippen LogP contribution in [0, 0.1) is 0 Å². The molecule has 0 fully saturated rings. The van der Waals surface area contributed by atoms with E-state index in [2.05, 4.69) is 15.1 Å². The SMILES string of the molecule is CCOC(=O)c1ccc(-n2c(-c3ccccc3)cc(/C=N\NC(=O)COc3ccc(Cl)cc3)c2-c2ccccc2)cc1. The Balaban J connectivity index is 1.51. The van der Waals surface area contributed by atoms with Crippen molar-refractivity contribution in [2.45, 2.75) is 6.92 Å². The van der Waals surface area contributed by atoms with Crippen LogP contribution >= 0.6 is 11.6 Å². The van der Waals surface area contributed by atoms with Gasteiger partial charge in [0.2, 0.25) is 0 Å². The summed E-state index contributed by atoms with van der Waals surface area (Å²) < 4.78 is 12.8. The molecule has 7 nitrogen and oxygen atoms in total. The summed E-state index contributed by atoms with van der Waals surface area (Å²) in [5.74, 6) is -0.241. The molecule has 0 spiro atoms. The summed E-state index contributed by atoms with van der Waals surface area (Å²) in [6.07, 6.45) is 1.62. The molecule has 5 aromatic rings. The van der Waals surface area contributed by atoms with E-state index >= 15 is 0 Å². The minimum atomic E-state index is -0.403. The number of benzene rings is 4. The van der Waals surface area contributed by atoms with Gasteiger partial charge in [0.25, 0.3) is 5.91 Å². The first-order valence-corrected chi connectivity index (χ1v) is 13.8. The quantitative estimate of drug-likeness (QED) is 0.108. The van der Waals surface area contributed by atoms with Crippen molar-refractivity contribution in [1.82, 2.24) is 9.99 Å². The minimum Gasteiger partial charge on any atom is -0.484 e. The Bertz CT molecular complexity index is 1680. The van der Waals surface area contributed by atoms with E-state index in [0.29, 0.717) is 22.9 Å². The van der Waals surface area contributed by atoms with Gasteiger partial charge >= 0.3 is 5.97 Å². The van der Waals surface area contributed by atoms with Crippen LogP contribution in [-0.4, -0.2) is 35.9 Å². The lowest BCUT2D eigenvalue weighted by Crippen LogP contribution is -2.24. The van der Waals surface area contributed by atoms with E-state index in [1.807, 2.05) is 78.9 Å². The molecule has 5 rings (SSSR count). The fourth-order valence-corrected chi connectivity index (χ4v) is 4.58. The Morgan fingerprint density at radius 3 is 2.14 bits per heavy atom. The first kappa shape index (κ1) is 28.4. The standard InChI is InChI=1S/C34H28ClN3O4/c1-2-41-34(40)26-13-17-29(18-14-26)38-31(24-9-5-3-6-10-24)21-27(33(38)25-11-7-4-8-12-25)22-36-37-32(39)23-42-30-19-15-28(35)16-20-30/h3-22H,2,23H2,1H3,(H,37,39)/b36-22-. The zero-order valence-electron chi connectivity index (χ0n) is 22.9. The van der Waals surface area contributed by atoms with Crippen LogP contribution in [0.15, 0.2) is 120 Å². The van der Waals surface area contributed by atoms with Crippen molar-refractivity contribution in [3.8, 4) is 34.0 Å². The molecule has 42 heavy (non-hydrogen) atoms. The fourth-order valence-electron chi connectivity index (χ4n) is 4.46. The molecule has 0 atom stereocenters. The van der Waals surface area contributed by atoms with Crippen LogP contribution < -0.4 is 10.2 Å². The summed E-state index contributed by atoms with van der Waals surface area (Å²) in [6.45, 7) is 1.89. The molecule has 1 aromatic heterocycles. The van der Waals surface area contributed by atoms with Crippen molar-refractivity contribution in [3.63, 3.8) is 0 Å². The number of hydrazone groups is 1. The number of nitrogens with one attached hydrogen (secondary N) is 1. The first-order chi connectivity index (χ1) is 20.5. The highest BCUT2D eigenvalue weighted by Gasteiger charge is 2.19. The van der Waals surface area contributed by atoms with Gasteiger partial charge in [-0.25, -0.2) is 10.2 Å². The maximum Gasteiger partial charge on any atom is 0.338 e. The molecule has 0 radical (unpaired) electrons. The van der Waals surface area contributed by atoms with Gasteiger partial charge in [0.15, 0.2) is 6.61 Å². The lowest BCUT2D eigenvalue weighted by molar-refractivity contribution is -0.123. The minimum absolute atomic E-state index is 0.201. The Morgan fingerprint density at radius 2 is 1.50 bits per heavy atom. The highest BCUT2D eigenvalue weighted by atomic mass is 35.5. The van der Waals surface area contributed by atoms with E-state index in [-0.39, 0.29) is 12.6 Å². The molecule has 210 valence electrons. The van der Waals surface area contributed by atoms with Crippen molar-refractivity contribution in [1.29, 1.82) is 0 Å². The maximum absolute atomic E-state index is 12.5. The first-order valence-electron chi connectivity index (χ1n) is 13.4. The summed E-state index contributed by atoms with van der Waals surface area (Å²) in [5.41, 5.74) is 8.38. The monoisotopic (exact) mass is 577 g/mol. The van der Waals surface area contributed by atoms with Gasteiger partial charge in [-0.1, -0.05) is 72.3 Å². The second-order valence-electron chi connectivity index (χ2n) is 9.20. The number of esters is 1. The molecule has 0 unspecified atom stereocenters. The third-order valence-electron chi connectivity index (χ3n) is 6.36. The van der Waals surface area contributed by atoms with Gasteiger partial charge in [0.1, 0.15) is 5.75 Å². The van der Waals surface area contributed by atoms with Gasteiger partial charge < -0.3 is 14.0 Å². The van der Waals surface area contributed by atoms with Crippen LogP contribution in [-0.2, 0) is 9.53 Å². The van der Waals surface area contributed by atoms with Gasteiger partial charge in [-0.15, -0.1) is 0 Å². The number of nitrogens with zero attached hydrogens (tertiary/aromatic N) is 2. The highest BCUT2D eigenvalue weighted by molar-refractivity contribution is 6.30. The molecule has 0 bridgehead atoms. The van der Waals surface area contributed by atoms with E-state index in [0.717, 1.165) is 33.8 Å². The second kappa shape index (κ2) is 13.5. The average Bonchev–Trinajstić information content (AvgIpc) is 3.41. The third-order valence-corrected chi connectivity index (χ3v) is 6.61. The maximum atomic E-state index is 12.5. The number of aromatic nitrogens is 1. The van der Waals surface area contributed by atoms with Gasteiger partial charge in [-0.05, 0) is 72.6 Å². The van der Waals surface area contributed by atoms with E-state index in [1.54, 1.807) is 49.5 Å². The topological polar surface area (TPSA) is 81.9 Å². The molecule has 1 N–H and O–H groups in total. The largest absolute Gasteiger partial charge is 0.484 e. The molecule has 0 aliphatic heterocycles. The fraction of sp³-hybridized carbons (Fsp3) is 0.0882. The number of ether oxygens (including phenoxy) is 2. The molecule has 0 aliphatic rings. The number of carbonyl (C=O) groups is 2. The number of hydrogen-bond acceptors (Lipinski definition) is 5. The Kier molecular flexibility index (Phi) is 9.11. The normalized spacial score (nSPS) is 10.9. The van der Waals surface area contributed by atoms with Crippen molar-refractivity contribution in [2.24, 2.45) is 5.10 Å². The zero-order valence-corrected chi connectivity index (χ0v) is 23.6. The Hall–Kier alpha value is -5.14. The van der Waals surface area contributed by atoms with Crippen LogP contribution in [0.3, 0.4) is 0 Å². The van der Waals surface area contributed by atoms with Gasteiger partial charge in [0, 0.05) is 16.3 Å². The van der Waals surface area contributed by atoms with E-state index in [9.17, 15) is 9.59 Å². The number of hydrogen-bond donors (Lipinski definition) is 1. The highest BCUT2D eigenvalue weighted by Crippen LogP contribution is 2.35. The lowest BCUT2D eigenvalue weighted by Gasteiger charge is -2.15. The van der Waals surface area contributed by atoms with Crippen LogP contribution in [0.1, 0.15) is 22.8 Å². The number of halogens is 1. The van der Waals surface area contributed by atoms with Crippen molar-refractivity contribution in [2.75, 3.05) is 13.2 Å².